The summed E-state index contributed by atoms with van der Waals surface area (Å²) in [6.45, 7) is 3.67. The van der Waals surface area contributed by atoms with Gasteiger partial charge in [0.15, 0.2) is 0 Å². The topological polar surface area (TPSA) is 52.7 Å². The Morgan fingerprint density at radius 2 is 2.17 bits per heavy atom. The number of aliphatic hydroxyl groups is 1. The van der Waals surface area contributed by atoms with Crippen LogP contribution in [0.5, 0.6) is 0 Å². The summed E-state index contributed by atoms with van der Waals surface area (Å²) in [5.41, 5.74) is 9.11. The summed E-state index contributed by atoms with van der Waals surface area (Å²) in [6.07, 6.45) is 0.556. The lowest BCUT2D eigenvalue weighted by Gasteiger charge is -2.30. The average molecular weight is 249 g/mol. The minimum Gasteiger partial charge on any atom is -0.397 e. The predicted molar refractivity (Wildman–Crippen MR) is 75.9 cm³/mol. The molecule has 3 N–H and O–H groups in total. The molecule has 0 saturated carbocycles. The Morgan fingerprint density at radius 1 is 1.44 bits per heavy atom. The van der Waals surface area contributed by atoms with Gasteiger partial charge in [-0.15, -0.1) is 0 Å². The van der Waals surface area contributed by atoms with Crippen LogP contribution < -0.4 is 10.6 Å². The minimum absolute atomic E-state index is 0.255. The molecule has 1 aliphatic heterocycles. The van der Waals surface area contributed by atoms with Crippen molar-refractivity contribution >= 4 is 11.4 Å². The first-order valence-corrected chi connectivity index (χ1v) is 6.43. The molecule has 0 aromatic heterocycles. The van der Waals surface area contributed by atoms with E-state index >= 15 is 0 Å². The van der Waals surface area contributed by atoms with E-state index in [0.29, 0.717) is 12.6 Å². The summed E-state index contributed by atoms with van der Waals surface area (Å²) in [7, 11) is 4.12. The van der Waals surface area contributed by atoms with Crippen LogP contribution in [0.15, 0.2) is 18.2 Å². The molecule has 1 aromatic carbocycles. The van der Waals surface area contributed by atoms with Crippen LogP contribution in [-0.4, -0.2) is 49.3 Å². The van der Waals surface area contributed by atoms with Crippen molar-refractivity contribution in [1.82, 2.24) is 4.90 Å². The highest BCUT2D eigenvalue weighted by atomic mass is 16.3. The second kappa shape index (κ2) is 5.16. The van der Waals surface area contributed by atoms with Gasteiger partial charge in [-0.1, -0.05) is 6.07 Å². The van der Waals surface area contributed by atoms with Gasteiger partial charge in [0.2, 0.25) is 0 Å². The third-order valence-electron chi connectivity index (χ3n) is 3.46. The molecule has 2 rings (SSSR count). The van der Waals surface area contributed by atoms with Gasteiger partial charge in [0.1, 0.15) is 0 Å². The van der Waals surface area contributed by atoms with Crippen LogP contribution in [0.4, 0.5) is 11.4 Å². The van der Waals surface area contributed by atoms with E-state index in [9.17, 15) is 5.11 Å². The van der Waals surface area contributed by atoms with Gasteiger partial charge in [-0.3, -0.25) is 0 Å². The Bertz CT molecular complexity index is 420. The number of β-amino-alcohol motifs (C(OH)–C–C–N with tert-alkyl or cyclic N) is 1. The number of aliphatic hydroxyl groups excluding tert-OH is 1. The van der Waals surface area contributed by atoms with E-state index in [1.54, 1.807) is 0 Å². The Hall–Kier alpha value is -1.26. The molecule has 1 fully saturated rings. The minimum atomic E-state index is -0.255. The second-order valence-corrected chi connectivity index (χ2v) is 5.52. The largest absolute Gasteiger partial charge is 0.397 e. The normalized spacial score (nSPS) is 23.9. The van der Waals surface area contributed by atoms with Gasteiger partial charge >= 0.3 is 0 Å². The number of hydrogen-bond acceptors (Lipinski definition) is 4. The fourth-order valence-electron chi connectivity index (χ4n) is 2.68. The molecule has 0 spiro atoms. The molecule has 4 heteroatoms. The standard InChI is InChI=1S/C14H23N3O/c1-10-4-5-13(15)14(6-10)17-9-12(18)7-11(17)8-16(2)3/h4-6,11-12,18H,7-9,15H2,1-3H3. The summed E-state index contributed by atoms with van der Waals surface area (Å²) < 4.78 is 0. The first-order chi connectivity index (χ1) is 8.47. The van der Waals surface area contributed by atoms with Crippen molar-refractivity contribution in [2.75, 3.05) is 37.8 Å². The molecule has 2 unspecified atom stereocenters. The molecule has 0 amide bonds. The lowest BCUT2D eigenvalue weighted by Crippen LogP contribution is -2.38. The van der Waals surface area contributed by atoms with E-state index in [-0.39, 0.29) is 6.10 Å². The van der Waals surface area contributed by atoms with E-state index in [1.165, 1.54) is 5.56 Å². The van der Waals surface area contributed by atoms with Gasteiger partial charge in [-0.2, -0.15) is 0 Å². The zero-order chi connectivity index (χ0) is 13.3. The molecule has 1 aromatic rings. The van der Waals surface area contributed by atoms with E-state index in [1.807, 2.05) is 12.1 Å². The fraction of sp³-hybridized carbons (Fsp3) is 0.571. The molecule has 2 atom stereocenters. The molecule has 1 saturated heterocycles. The zero-order valence-electron chi connectivity index (χ0n) is 11.4. The summed E-state index contributed by atoms with van der Waals surface area (Å²) in [4.78, 5) is 4.40. The molecular weight excluding hydrogens is 226 g/mol. The second-order valence-electron chi connectivity index (χ2n) is 5.52. The van der Waals surface area contributed by atoms with Crippen molar-refractivity contribution in [1.29, 1.82) is 0 Å². The molecule has 100 valence electrons. The van der Waals surface area contributed by atoms with Gasteiger partial charge in [0, 0.05) is 19.1 Å². The van der Waals surface area contributed by atoms with Crippen molar-refractivity contribution < 1.29 is 5.11 Å². The highest BCUT2D eigenvalue weighted by molar-refractivity contribution is 5.69. The fourth-order valence-corrected chi connectivity index (χ4v) is 2.68. The number of likely N-dealkylation sites (N-methyl/N-ethyl adjacent to an activating group) is 1. The third-order valence-corrected chi connectivity index (χ3v) is 3.46. The molecule has 0 bridgehead atoms. The predicted octanol–water partition coefficient (Wildman–Crippen LogP) is 1.08. The van der Waals surface area contributed by atoms with Crippen molar-refractivity contribution in [2.24, 2.45) is 0 Å². The maximum atomic E-state index is 9.90. The first kappa shape index (κ1) is 13.2. The van der Waals surface area contributed by atoms with E-state index in [0.717, 1.165) is 24.3 Å². The monoisotopic (exact) mass is 249 g/mol. The number of nitrogens with zero attached hydrogens (tertiary/aromatic N) is 2. The molecule has 1 aliphatic rings. The molecule has 0 radical (unpaired) electrons. The quantitative estimate of drug-likeness (QED) is 0.787. The van der Waals surface area contributed by atoms with Crippen LogP contribution in [0, 0.1) is 6.92 Å². The summed E-state index contributed by atoms with van der Waals surface area (Å²) in [6, 6.07) is 6.41. The van der Waals surface area contributed by atoms with Crippen molar-refractivity contribution in [2.45, 2.75) is 25.5 Å². The van der Waals surface area contributed by atoms with E-state index < -0.39 is 0 Å². The number of rotatable bonds is 3. The Kier molecular flexibility index (Phi) is 3.78. The van der Waals surface area contributed by atoms with E-state index in [4.69, 9.17) is 5.73 Å². The SMILES string of the molecule is Cc1ccc(N)c(N2CC(O)CC2CN(C)C)c1. The van der Waals surface area contributed by atoms with Gasteiger partial charge in [-0.05, 0) is 45.1 Å². The van der Waals surface area contributed by atoms with Gasteiger partial charge in [-0.25, -0.2) is 0 Å². The highest BCUT2D eigenvalue weighted by Gasteiger charge is 2.32. The zero-order valence-corrected chi connectivity index (χ0v) is 11.4. The van der Waals surface area contributed by atoms with Crippen molar-refractivity contribution in [3.63, 3.8) is 0 Å². The van der Waals surface area contributed by atoms with Crippen LogP contribution in [-0.2, 0) is 0 Å². The Labute approximate surface area is 109 Å². The van der Waals surface area contributed by atoms with Crippen LogP contribution in [0.2, 0.25) is 0 Å². The van der Waals surface area contributed by atoms with Crippen molar-refractivity contribution in [3.8, 4) is 0 Å². The number of benzene rings is 1. The summed E-state index contributed by atoms with van der Waals surface area (Å²) >= 11 is 0. The maximum absolute atomic E-state index is 9.90. The number of anilines is 2. The van der Waals surface area contributed by atoms with E-state index in [2.05, 4.69) is 36.9 Å². The molecular formula is C14H23N3O. The molecule has 1 heterocycles. The third kappa shape index (κ3) is 2.76. The van der Waals surface area contributed by atoms with Crippen molar-refractivity contribution in [3.05, 3.63) is 23.8 Å². The number of nitrogens with two attached hydrogens (primary N) is 1. The van der Waals surface area contributed by atoms with Gasteiger partial charge < -0.3 is 20.6 Å². The molecule has 4 nitrogen and oxygen atoms in total. The number of hydrogen-bond donors (Lipinski definition) is 2. The summed E-state index contributed by atoms with van der Waals surface area (Å²) in [5, 5.41) is 9.90. The molecule has 0 aliphatic carbocycles. The van der Waals surface area contributed by atoms with Gasteiger partial charge in [0.05, 0.1) is 17.5 Å². The molecule has 18 heavy (non-hydrogen) atoms. The maximum Gasteiger partial charge on any atom is 0.0735 e. The van der Waals surface area contributed by atoms with Crippen LogP contribution in [0.25, 0.3) is 0 Å². The van der Waals surface area contributed by atoms with Crippen LogP contribution in [0.1, 0.15) is 12.0 Å². The first-order valence-electron chi connectivity index (χ1n) is 6.43. The number of nitrogen functional groups attached to an aromatic ring is 1. The summed E-state index contributed by atoms with van der Waals surface area (Å²) in [5.74, 6) is 0. The average Bonchev–Trinajstić information content (AvgIpc) is 2.62. The lowest BCUT2D eigenvalue weighted by molar-refractivity contribution is 0.191. The van der Waals surface area contributed by atoms with Gasteiger partial charge in [0.25, 0.3) is 0 Å². The lowest BCUT2D eigenvalue weighted by atomic mass is 10.1. The smallest absolute Gasteiger partial charge is 0.0735 e. The number of aryl methyl sites for hydroxylation is 1. The van der Waals surface area contributed by atoms with Crippen LogP contribution >= 0.6 is 0 Å². The Morgan fingerprint density at radius 3 is 2.83 bits per heavy atom. The highest BCUT2D eigenvalue weighted by Crippen LogP contribution is 2.31. The Balaban J connectivity index is 2.26. The van der Waals surface area contributed by atoms with Crippen LogP contribution in [0.3, 0.4) is 0 Å².